The predicted molar refractivity (Wildman–Crippen MR) is 106 cm³/mol. The molecule has 28 heavy (non-hydrogen) atoms. The molecule has 0 aliphatic heterocycles. The first-order chi connectivity index (χ1) is 13.4. The number of nitrogens with zero attached hydrogens (tertiary/aromatic N) is 1. The number of anilines is 1. The van der Waals surface area contributed by atoms with Gasteiger partial charge in [-0.15, -0.1) is 0 Å². The highest BCUT2D eigenvalue weighted by molar-refractivity contribution is 6.01. The standard InChI is InChI=1S/C22H20N2O4/c1-14(21(26)24-20-5-3-2-4-18(20)22(27)28)12-15-6-8-16(9-7-15)19-11-10-17(25)13-23-19/h2-11,13-14,25H,12H2,1H3,(H,24,26)(H,27,28). The summed E-state index contributed by atoms with van der Waals surface area (Å²) in [6.07, 6.45) is 1.91. The van der Waals surface area contributed by atoms with Gasteiger partial charge in [0.15, 0.2) is 0 Å². The SMILES string of the molecule is CC(Cc1ccc(-c2ccc(O)cn2)cc1)C(=O)Nc1ccccc1C(=O)O. The Kier molecular flexibility index (Phi) is 5.69. The van der Waals surface area contributed by atoms with E-state index in [1.165, 1.54) is 12.3 Å². The molecule has 0 saturated carbocycles. The number of carbonyl (C=O) groups is 2. The van der Waals surface area contributed by atoms with E-state index in [2.05, 4.69) is 10.3 Å². The van der Waals surface area contributed by atoms with Crippen LogP contribution < -0.4 is 5.32 Å². The lowest BCUT2D eigenvalue weighted by Gasteiger charge is -2.14. The summed E-state index contributed by atoms with van der Waals surface area (Å²) in [5, 5.41) is 21.2. The fourth-order valence-corrected chi connectivity index (χ4v) is 2.85. The van der Waals surface area contributed by atoms with E-state index in [4.69, 9.17) is 0 Å². The van der Waals surface area contributed by atoms with E-state index < -0.39 is 5.97 Å². The van der Waals surface area contributed by atoms with Crippen molar-refractivity contribution >= 4 is 17.6 Å². The first kappa shape index (κ1) is 19.1. The number of pyridine rings is 1. The highest BCUT2D eigenvalue weighted by atomic mass is 16.4. The number of nitrogens with one attached hydrogen (secondary N) is 1. The van der Waals surface area contributed by atoms with E-state index in [0.717, 1.165) is 16.8 Å². The van der Waals surface area contributed by atoms with Crippen LogP contribution in [0.25, 0.3) is 11.3 Å². The number of amides is 1. The van der Waals surface area contributed by atoms with E-state index in [1.54, 1.807) is 37.3 Å². The summed E-state index contributed by atoms with van der Waals surface area (Å²) in [4.78, 5) is 27.9. The second-order valence-corrected chi connectivity index (χ2v) is 6.54. The van der Waals surface area contributed by atoms with Gasteiger partial charge in [0.1, 0.15) is 5.75 Å². The Hall–Kier alpha value is -3.67. The van der Waals surface area contributed by atoms with Crippen LogP contribution in [0.15, 0.2) is 66.9 Å². The van der Waals surface area contributed by atoms with Crippen LogP contribution in [-0.4, -0.2) is 27.1 Å². The number of carboxylic acids is 1. The highest BCUT2D eigenvalue weighted by Gasteiger charge is 2.17. The number of aromatic carboxylic acids is 1. The summed E-state index contributed by atoms with van der Waals surface area (Å²) < 4.78 is 0. The molecule has 0 bridgehead atoms. The van der Waals surface area contributed by atoms with Gasteiger partial charge in [-0.1, -0.05) is 43.3 Å². The van der Waals surface area contributed by atoms with Gasteiger partial charge in [0.25, 0.3) is 0 Å². The molecule has 0 spiro atoms. The summed E-state index contributed by atoms with van der Waals surface area (Å²) in [6, 6.07) is 17.3. The Morgan fingerprint density at radius 3 is 2.39 bits per heavy atom. The molecule has 0 saturated heterocycles. The third kappa shape index (κ3) is 4.54. The number of aromatic hydroxyl groups is 1. The number of hydrogen-bond acceptors (Lipinski definition) is 4. The topological polar surface area (TPSA) is 99.5 Å². The zero-order valence-electron chi connectivity index (χ0n) is 15.3. The monoisotopic (exact) mass is 376 g/mol. The zero-order valence-corrected chi connectivity index (χ0v) is 15.3. The van der Waals surface area contributed by atoms with E-state index in [9.17, 15) is 19.8 Å². The van der Waals surface area contributed by atoms with Gasteiger partial charge in [-0.05, 0) is 36.2 Å². The van der Waals surface area contributed by atoms with Crippen molar-refractivity contribution < 1.29 is 19.8 Å². The molecule has 1 unspecified atom stereocenters. The molecular weight excluding hydrogens is 356 g/mol. The second-order valence-electron chi connectivity index (χ2n) is 6.54. The average Bonchev–Trinajstić information content (AvgIpc) is 2.69. The Bertz CT molecular complexity index is 982. The maximum absolute atomic E-state index is 12.5. The van der Waals surface area contributed by atoms with Crippen molar-refractivity contribution in [2.45, 2.75) is 13.3 Å². The van der Waals surface area contributed by atoms with Crippen molar-refractivity contribution in [2.75, 3.05) is 5.32 Å². The molecule has 142 valence electrons. The van der Waals surface area contributed by atoms with Crippen LogP contribution in [0.3, 0.4) is 0 Å². The lowest BCUT2D eigenvalue weighted by atomic mass is 9.98. The summed E-state index contributed by atoms with van der Waals surface area (Å²) in [5.41, 5.74) is 3.00. The second kappa shape index (κ2) is 8.35. The number of benzene rings is 2. The molecule has 1 heterocycles. The maximum atomic E-state index is 12.5. The van der Waals surface area contributed by atoms with Crippen molar-refractivity contribution in [1.82, 2.24) is 4.98 Å². The van der Waals surface area contributed by atoms with Crippen LogP contribution in [0.2, 0.25) is 0 Å². The number of hydrogen-bond donors (Lipinski definition) is 3. The Morgan fingerprint density at radius 2 is 1.75 bits per heavy atom. The normalized spacial score (nSPS) is 11.6. The molecule has 3 aromatic rings. The molecule has 3 rings (SSSR count). The first-order valence-corrected chi connectivity index (χ1v) is 8.81. The average molecular weight is 376 g/mol. The molecule has 1 aromatic heterocycles. The van der Waals surface area contributed by atoms with Gasteiger partial charge in [-0.25, -0.2) is 4.79 Å². The van der Waals surface area contributed by atoms with Crippen molar-refractivity contribution in [3.8, 4) is 17.0 Å². The van der Waals surface area contributed by atoms with Gasteiger partial charge < -0.3 is 15.5 Å². The first-order valence-electron chi connectivity index (χ1n) is 8.81. The van der Waals surface area contributed by atoms with Crippen LogP contribution in [0, 0.1) is 5.92 Å². The quantitative estimate of drug-likeness (QED) is 0.604. The fraction of sp³-hybridized carbons (Fsp3) is 0.136. The summed E-state index contributed by atoms with van der Waals surface area (Å²) in [7, 11) is 0. The Morgan fingerprint density at radius 1 is 1.04 bits per heavy atom. The van der Waals surface area contributed by atoms with Crippen molar-refractivity contribution in [2.24, 2.45) is 5.92 Å². The third-order valence-corrected chi connectivity index (χ3v) is 4.40. The lowest BCUT2D eigenvalue weighted by Crippen LogP contribution is -2.23. The van der Waals surface area contributed by atoms with Crippen LogP contribution in [0.4, 0.5) is 5.69 Å². The minimum atomic E-state index is -1.08. The summed E-state index contributed by atoms with van der Waals surface area (Å²) >= 11 is 0. The summed E-state index contributed by atoms with van der Waals surface area (Å²) in [6.45, 7) is 1.80. The number of para-hydroxylation sites is 1. The fourth-order valence-electron chi connectivity index (χ4n) is 2.85. The molecule has 6 heteroatoms. The molecule has 3 N–H and O–H groups in total. The van der Waals surface area contributed by atoms with Gasteiger partial charge in [0.2, 0.25) is 5.91 Å². The number of rotatable bonds is 6. The van der Waals surface area contributed by atoms with E-state index in [-0.39, 0.29) is 23.1 Å². The summed E-state index contributed by atoms with van der Waals surface area (Å²) in [5.74, 6) is -1.54. The van der Waals surface area contributed by atoms with Gasteiger partial charge in [0.05, 0.1) is 23.1 Å². The minimum absolute atomic E-state index is 0.0637. The van der Waals surface area contributed by atoms with E-state index in [0.29, 0.717) is 12.1 Å². The molecule has 1 amide bonds. The number of carbonyl (C=O) groups excluding carboxylic acids is 1. The smallest absolute Gasteiger partial charge is 0.337 e. The molecular formula is C22H20N2O4. The Balaban J connectivity index is 1.66. The zero-order chi connectivity index (χ0) is 20.1. The molecule has 6 nitrogen and oxygen atoms in total. The van der Waals surface area contributed by atoms with Crippen LogP contribution in [-0.2, 0) is 11.2 Å². The maximum Gasteiger partial charge on any atom is 0.337 e. The largest absolute Gasteiger partial charge is 0.506 e. The highest BCUT2D eigenvalue weighted by Crippen LogP contribution is 2.21. The minimum Gasteiger partial charge on any atom is -0.506 e. The van der Waals surface area contributed by atoms with E-state index >= 15 is 0 Å². The molecule has 0 radical (unpaired) electrons. The van der Waals surface area contributed by atoms with Crippen LogP contribution in [0.1, 0.15) is 22.8 Å². The number of carboxylic acid groups (broad SMARTS) is 1. The van der Waals surface area contributed by atoms with Gasteiger partial charge in [-0.3, -0.25) is 9.78 Å². The molecule has 2 aromatic carbocycles. The van der Waals surface area contributed by atoms with Crippen LogP contribution >= 0.6 is 0 Å². The van der Waals surface area contributed by atoms with Crippen LogP contribution in [0.5, 0.6) is 5.75 Å². The molecule has 0 aliphatic carbocycles. The Labute approximate surface area is 162 Å². The van der Waals surface area contributed by atoms with Gasteiger partial charge >= 0.3 is 5.97 Å². The molecule has 0 fully saturated rings. The van der Waals surface area contributed by atoms with Crippen molar-refractivity contribution in [3.05, 3.63) is 78.0 Å². The third-order valence-electron chi connectivity index (χ3n) is 4.40. The molecule has 0 aliphatic rings. The number of aromatic nitrogens is 1. The van der Waals surface area contributed by atoms with Crippen molar-refractivity contribution in [1.29, 1.82) is 0 Å². The van der Waals surface area contributed by atoms with E-state index in [1.807, 2.05) is 24.3 Å². The van der Waals surface area contributed by atoms with Gasteiger partial charge in [0, 0.05) is 11.5 Å². The van der Waals surface area contributed by atoms with Gasteiger partial charge in [-0.2, -0.15) is 0 Å². The lowest BCUT2D eigenvalue weighted by molar-refractivity contribution is -0.119. The van der Waals surface area contributed by atoms with Crippen molar-refractivity contribution in [3.63, 3.8) is 0 Å². The predicted octanol–water partition coefficient (Wildman–Crippen LogP) is 3.97. The molecule has 1 atom stereocenters.